The lowest BCUT2D eigenvalue weighted by molar-refractivity contribution is 0.0712. The highest BCUT2D eigenvalue weighted by atomic mass is 16.2. The summed E-state index contributed by atoms with van der Waals surface area (Å²) in [6.45, 7) is 4.82. The molecule has 0 spiro atoms. The van der Waals surface area contributed by atoms with Crippen molar-refractivity contribution in [3.05, 3.63) is 89.2 Å². The topological polar surface area (TPSA) is 78.4 Å². The van der Waals surface area contributed by atoms with Crippen LogP contribution in [0.3, 0.4) is 0 Å². The number of nitrogens with one attached hydrogen (secondary N) is 1. The Balaban J connectivity index is 1.11. The van der Waals surface area contributed by atoms with Crippen molar-refractivity contribution in [2.24, 2.45) is 0 Å². The number of hydrogen-bond acceptors (Lipinski definition) is 4. The summed E-state index contributed by atoms with van der Waals surface area (Å²) in [7, 11) is 0. The van der Waals surface area contributed by atoms with E-state index < -0.39 is 0 Å². The largest absolute Gasteiger partial charge is 0.339 e. The van der Waals surface area contributed by atoms with Gasteiger partial charge in [0.2, 0.25) is 0 Å². The number of nitrogens with zero attached hydrogens (tertiary/aromatic N) is 4. The minimum atomic E-state index is -0.0871. The van der Waals surface area contributed by atoms with Crippen molar-refractivity contribution in [1.82, 2.24) is 20.0 Å². The molecule has 2 aliphatic rings. The van der Waals surface area contributed by atoms with E-state index in [2.05, 4.69) is 27.6 Å². The molecule has 3 heterocycles. The Morgan fingerprint density at radius 1 is 0.882 bits per heavy atom. The summed E-state index contributed by atoms with van der Waals surface area (Å²) in [5, 5.41) is 11.0. The third kappa shape index (κ3) is 4.64. The van der Waals surface area contributed by atoms with Crippen LogP contribution in [0.5, 0.6) is 0 Å². The maximum Gasteiger partial charge on any atom is 0.321 e. The first-order valence-electron chi connectivity index (χ1n) is 11.9. The summed E-state index contributed by atoms with van der Waals surface area (Å²) in [6.07, 6.45) is 3.55. The molecule has 5 rings (SSSR count). The molecule has 0 saturated carbocycles. The molecule has 2 aromatic carbocycles. The van der Waals surface area contributed by atoms with Gasteiger partial charge in [0, 0.05) is 49.5 Å². The van der Waals surface area contributed by atoms with Gasteiger partial charge in [0.25, 0.3) is 5.91 Å². The number of aromatic nitrogens is 2. The van der Waals surface area contributed by atoms with Crippen molar-refractivity contribution in [3.63, 3.8) is 0 Å². The van der Waals surface area contributed by atoms with Gasteiger partial charge in [0.05, 0.1) is 5.69 Å². The minimum absolute atomic E-state index is 0.0871. The number of urea groups is 1. The fourth-order valence-corrected chi connectivity index (χ4v) is 4.80. The number of anilines is 1. The number of carbonyl (C=O) groups excluding carboxylic acids is 2. The summed E-state index contributed by atoms with van der Waals surface area (Å²) in [5.74, 6) is 0.807. The van der Waals surface area contributed by atoms with Crippen LogP contribution < -0.4 is 5.32 Å². The van der Waals surface area contributed by atoms with Gasteiger partial charge in [-0.3, -0.25) is 4.79 Å². The number of likely N-dealkylation sites (tertiary alicyclic amines) is 2. The van der Waals surface area contributed by atoms with Gasteiger partial charge in [0.15, 0.2) is 0 Å². The van der Waals surface area contributed by atoms with E-state index in [9.17, 15) is 9.59 Å². The molecular formula is C27H29N5O2. The van der Waals surface area contributed by atoms with Crippen molar-refractivity contribution in [3.8, 4) is 0 Å². The number of hydrogen-bond donors (Lipinski definition) is 1. The van der Waals surface area contributed by atoms with Crippen LogP contribution in [-0.4, -0.2) is 58.1 Å². The molecule has 2 fully saturated rings. The third-order valence-corrected chi connectivity index (χ3v) is 6.97. The van der Waals surface area contributed by atoms with Gasteiger partial charge in [-0.1, -0.05) is 30.3 Å². The van der Waals surface area contributed by atoms with E-state index >= 15 is 0 Å². The molecule has 1 N–H and O–H groups in total. The maximum absolute atomic E-state index is 12.9. The monoisotopic (exact) mass is 455 g/mol. The van der Waals surface area contributed by atoms with E-state index in [1.807, 2.05) is 60.4 Å². The minimum Gasteiger partial charge on any atom is -0.339 e. The van der Waals surface area contributed by atoms with Gasteiger partial charge in [-0.25, -0.2) is 4.79 Å². The second kappa shape index (κ2) is 9.63. The third-order valence-electron chi connectivity index (χ3n) is 6.97. The molecule has 7 heteroatoms. The average molecular weight is 456 g/mol. The number of piperidine rings is 1. The zero-order valence-electron chi connectivity index (χ0n) is 19.4. The van der Waals surface area contributed by atoms with Crippen molar-refractivity contribution in [2.75, 3.05) is 31.5 Å². The van der Waals surface area contributed by atoms with Crippen LogP contribution in [-0.2, 0) is 0 Å². The molecule has 2 saturated heterocycles. The molecule has 34 heavy (non-hydrogen) atoms. The number of rotatable bonds is 4. The second-order valence-corrected chi connectivity index (χ2v) is 9.18. The van der Waals surface area contributed by atoms with Gasteiger partial charge in [0.1, 0.15) is 0 Å². The van der Waals surface area contributed by atoms with Crippen molar-refractivity contribution in [1.29, 1.82) is 0 Å². The van der Waals surface area contributed by atoms with Gasteiger partial charge >= 0.3 is 6.03 Å². The normalized spacial score (nSPS) is 16.7. The molecule has 2 aliphatic heterocycles. The summed E-state index contributed by atoms with van der Waals surface area (Å²) < 4.78 is 0. The molecule has 0 radical (unpaired) electrons. The van der Waals surface area contributed by atoms with Crippen molar-refractivity contribution >= 4 is 17.6 Å². The zero-order chi connectivity index (χ0) is 23.5. The highest BCUT2D eigenvalue weighted by molar-refractivity contribution is 5.95. The molecule has 7 nitrogen and oxygen atoms in total. The van der Waals surface area contributed by atoms with Crippen LogP contribution in [0, 0.1) is 6.92 Å². The molecule has 0 atom stereocenters. The Morgan fingerprint density at radius 3 is 2.29 bits per heavy atom. The molecule has 0 bridgehead atoms. The molecule has 174 valence electrons. The van der Waals surface area contributed by atoms with Crippen molar-refractivity contribution in [2.45, 2.75) is 31.6 Å². The number of carbonyl (C=O) groups is 2. The summed E-state index contributed by atoms with van der Waals surface area (Å²) in [4.78, 5) is 29.2. The Morgan fingerprint density at radius 2 is 1.62 bits per heavy atom. The predicted octanol–water partition coefficient (Wildman–Crippen LogP) is 4.44. The van der Waals surface area contributed by atoms with Crippen LogP contribution >= 0.6 is 0 Å². The zero-order valence-corrected chi connectivity index (χ0v) is 19.4. The molecule has 3 amide bonds. The lowest BCUT2D eigenvalue weighted by Gasteiger charge is -2.38. The van der Waals surface area contributed by atoms with Gasteiger partial charge < -0.3 is 15.1 Å². The lowest BCUT2D eigenvalue weighted by atomic mass is 9.89. The van der Waals surface area contributed by atoms with Crippen LogP contribution in [0.1, 0.15) is 51.9 Å². The number of amides is 3. The van der Waals surface area contributed by atoms with E-state index in [0.717, 1.165) is 48.4 Å². The highest BCUT2D eigenvalue weighted by Crippen LogP contribution is 2.30. The molecule has 3 aromatic rings. The SMILES string of the molecule is Cc1ccccc1C(=O)N1CCC(c2ccc(NC(=O)N3CC(c4cccnn4)C3)cc2)CC1. The molecule has 0 aliphatic carbocycles. The van der Waals surface area contributed by atoms with Gasteiger partial charge in [-0.15, -0.1) is 0 Å². The standard InChI is InChI=1S/C27H29N5O2/c1-19-5-2-3-6-24(19)26(33)31-15-12-21(13-16-31)20-8-10-23(11-9-20)29-27(34)32-17-22(18-32)25-7-4-14-28-30-25/h2-11,14,21-22H,12-13,15-18H2,1H3,(H,29,34). The van der Waals surface area contributed by atoms with Crippen LogP contribution in [0.15, 0.2) is 66.9 Å². The smallest absolute Gasteiger partial charge is 0.321 e. The van der Waals surface area contributed by atoms with Crippen LogP contribution in [0.25, 0.3) is 0 Å². The Hall–Kier alpha value is -3.74. The molecule has 0 unspecified atom stereocenters. The maximum atomic E-state index is 12.9. The molecular weight excluding hydrogens is 426 g/mol. The second-order valence-electron chi connectivity index (χ2n) is 9.18. The fraction of sp³-hybridized carbons (Fsp3) is 0.333. The number of aryl methyl sites for hydroxylation is 1. The highest BCUT2D eigenvalue weighted by Gasteiger charge is 2.33. The Kier molecular flexibility index (Phi) is 6.25. The van der Waals surface area contributed by atoms with Crippen molar-refractivity contribution < 1.29 is 9.59 Å². The van der Waals surface area contributed by atoms with E-state index in [0.29, 0.717) is 19.0 Å². The first-order valence-corrected chi connectivity index (χ1v) is 11.9. The van der Waals surface area contributed by atoms with E-state index in [4.69, 9.17) is 0 Å². The first-order chi connectivity index (χ1) is 16.6. The average Bonchev–Trinajstić information content (AvgIpc) is 2.84. The van der Waals surface area contributed by atoms with Crippen LogP contribution in [0.2, 0.25) is 0 Å². The number of benzene rings is 2. The summed E-state index contributed by atoms with van der Waals surface area (Å²) in [6, 6.07) is 19.6. The summed E-state index contributed by atoms with van der Waals surface area (Å²) in [5.41, 5.74) is 4.81. The quantitative estimate of drug-likeness (QED) is 0.631. The lowest BCUT2D eigenvalue weighted by Crippen LogP contribution is -2.50. The van der Waals surface area contributed by atoms with E-state index in [1.54, 1.807) is 11.1 Å². The predicted molar refractivity (Wildman–Crippen MR) is 131 cm³/mol. The van der Waals surface area contributed by atoms with Crippen LogP contribution in [0.4, 0.5) is 10.5 Å². The fourth-order valence-electron chi connectivity index (χ4n) is 4.80. The molecule has 1 aromatic heterocycles. The Labute approximate surface area is 199 Å². The summed E-state index contributed by atoms with van der Waals surface area (Å²) >= 11 is 0. The van der Waals surface area contributed by atoms with Gasteiger partial charge in [-0.05, 0) is 67.1 Å². The van der Waals surface area contributed by atoms with E-state index in [-0.39, 0.29) is 17.9 Å². The van der Waals surface area contributed by atoms with E-state index in [1.165, 1.54) is 5.56 Å². The van der Waals surface area contributed by atoms with Gasteiger partial charge in [-0.2, -0.15) is 10.2 Å². The Bertz CT molecular complexity index is 1150. The first kappa shape index (κ1) is 22.1.